The fraction of sp³-hybridized carbons (Fsp3) is 0.125. The molecule has 0 spiro atoms. The summed E-state index contributed by atoms with van der Waals surface area (Å²) >= 11 is 6.95. The van der Waals surface area contributed by atoms with Crippen molar-refractivity contribution in [1.82, 2.24) is 0 Å². The van der Waals surface area contributed by atoms with E-state index in [1.807, 2.05) is 0 Å². The highest BCUT2D eigenvalue weighted by Gasteiger charge is 2.18. The molecular formula is C16H12ClFN2O5S. The van der Waals surface area contributed by atoms with E-state index in [0.717, 1.165) is 18.2 Å². The van der Waals surface area contributed by atoms with E-state index in [9.17, 15) is 24.1 Å². The van der Waals surface area contributed by atoms with E-state index in [1.165, 1.54) is 30.0 Å². The quantitative estimate of drug-likeness (QED) is 0.343. The predicted molar refractivity (Wildman–Crippen MR) is 95.2 cm³/mol. The number of nitro groups is 1. The number of ether oxygens (including phenoxy) is 1. The number of nitrogens with zero attached hydrogens (tertiary/aromatic N) is 1. The van der Waals surface area contributed by atoms with Gasteiger partial charge in [0.1, 0.15) is 5.82 Å². The second-order valence-electron chi connectivity index (χ2n) is 4.89. The van der Waals surface area contributed by atoms with E-state index in [-0.39, 0.29) is 22.0 Å². The minimum atomic E-state index is -0.888. The Kier molecular flexibility index (Phi) is 6.53. The number of rotatable bonds is 6. The van der Waals surface area contributed by atoms with Gasteiger partial charge >= 0.3 is 5.97 Å². The van der Waals surface area contributed by atoms with Gasteiger partial charge in [-0.15, -0.1) is 11.8 Å². The molecule has 2 aromatic carbocycles. The molecule has 1 amide bonds. The van der Waals surface area contributed by atoms with E-state index < -0.39 is 29.2 Å². The van der Waals surface area contributed by atoms with Gasteiger partial charge in [-0.2, -0.15) is 0 Å². The average molecular weight is 399 g/mol. The molecule has 0 bridgehead atoms. The Bertz CT molecular complexity index is 878. The number of esters is 1. The van der Waals surface area contributed by atoms with E-state index in [2.05, 4.69) is 5.32 Å². The summed E-state index contributed by atoms with van der Waals surface area (Å²) in [6, 6.07) is 7.29. The van der Waals surface area contributed by atoms with Gasteiger partial charge in [0.05, 0.1) is 26.1 Å². The van der Waals surface area contributed by atoms with Crippen LogP contribution in [0.25, 0.3) is 0 Å². The molecule has 0 aliphatic heterocycles. The SMILES string of the molecule is CSc1ccc(C(=O)OCC(=O)Nc2ccc(F)cc2Cl)cc1[N+](=O)[O-]. The van der Waals surface area contributed by atoms with Crippen LogP contribution in [-0.2, 0) is 9.53 Å². The van der Waals surface area contributed by atoms with Crippen LogP contribution in [-0.4, -0.2) is 29.7 Å². The van der Waals surface area contributed by atoms with Gasteiger partial charge in [-0.25, -0.2) is 9.18 Å². The van der Waals surface area contributed by atoms with Crippen molar-refractivity contribution in [2.45, 2.75) is 4.90 Å². The largest absolute Gasteiger partial charge is 0.452 e. The second-order valence-corrected chi connectivity index (χ2v) is 6.15. The zero-order valence-electron chi connectivity index (χ0n) is 13.3. The molecule has 0 radical (unpaired) electrons. The van der Waals surface area contributed by atoms with Gasteiger partial charge in [0.15, 0.2) is 6.61 Å². The number of nitro benzene ring substituents is 1. The highest BCUT2D eigenvalue weighted by molar-refractivity contribution is 7.98. The van der Waals surface area contributed by atoms with Crippen LogP contribution in [0.4, 0.5) is 15.8 Å². The molecule has 2 rings (SSSR count). The molecule has 2 aromatic rings. The Labute approximate surface area is 156 Å². The van der Waals surface area contributed by atoms with Crippen molar-refractivity contribution in [3.8, 4) is 0 Å². The third-order valence-corrected chi connectivity index (χ3v) is 4.25. The van der Waals surface area contributed by atoms with Crippen LogP contribution in [0.5, 0.6) is 0 Å². The molecule has 0 aliphatic rings. The number of hydrogen-bond acceptors (Lipinski definition) is 6. The van der Waals surface area contributed by atoms with E-state index in [1.54, 1.807) is 6.26 Å². The third-order valence-electron chi connectivity index (χ3n) is 3.15. The lowest BCUT2D eigenvalue weighted by molar-refractivity contribution is -0.387. The molecule has 26 heavy (non-hydrogen) atoms. The van der Waals surface area contributed by atoms with Crippen LogP contribution in [0, 0.1) is 15.9 Å². The van der Waals surface area contributed by atoms with Gasteiger partial charge < -0.3 is 10.1 Å². The normalized spacial score (nSPS) is 10.3. The first-order valence-corrected chi connectivity index (χ1v) is 8.66. The number of nitrogens with one attached hydrogen (secondary N) is 1. The molecule has 0 fully saturated rings. The maximum Gasteiger partial charge on any atom is 0.338 e. The first-order valence-electron chi connectivity index (χ1n) is 7.06. The van der Waals surface area contributed by atoms with Gasteiger partial charge in [0.2, 0.25) is 0 Å². The van der Waals surface area contributed by atoms with E-state index in [0.29, 0.717) is 4.90 Å². The van der Waals surface area contributed by atoms with Crippen molar-refractivity contribution in [2.75, 3.05) is 18.2 Å². The number of hydrogen-bond donors (Lipinski definition) is 1. The number of amides is 1. The Morgan fingerprint density at radius 2 is 2.04 bits per heavy atom. The number of thioether (sulfide) groups is 1. The van der Waals surface area contributed by atoms with Crippen LogP contribution in [0.1, 0.15) is 10.4 Å². The number of anilines is 1. The fourth-order valence-corrected chi connectivity index (χ4v) is 2.71. The van der Waals surface area contributed by atoms with Crippen LogP contribution >= 0.6 is 23.4 Å². The third kappa shape index (κ3) is 4.93. The van der Waals surface area contributed by atoms with Gasteiger partial charge in [-0.05, 0) is 36.6 Å². The summed E-state index contributed by atoms with van der Waals surface area (Å²) in [7, 11) is 0. The smallest absolute Gasteiger partial charge is 0.338 e. The average Bonchev–Trinajstić information content (AvgIpc) is 2.61. The minimum absolute atomic E-state index is 0.00652. The van der Waals surface area contributed by atoms with Crippen molar-refractivity contribution in [1.29, 1.82) is 0 Å². The number of carbonyl (C=O) groups is 2. The highest BCUT2D eigenvalue weighted by atomic mass is 35.5. The number of halogens is 2. The Morgan fingerprint density at radius 3 is 2.65 bits per heavy atom. The summed E-state index contributed by atoms with van der Waals surface area (Å²) in [5, 5.41) is 13.4. The van der Waals surface area contributed by atoms with Crippen LogP contribution in [0.2, 0.25) is 5.02 Å². The zero-order chi connectivity index (χ0) is 19.3. The van der Waals surface area contributed by atoms with Gasteiger partial charge in [-0.3, -0.25) is 14.9 Å². The maximum absolute atomic E-state index is 13.0. The van der Waals surface area contributed by atoms with Crippen molar-refractivity contribution in [3.63, 3.8) is 0 Å². The summed E-state index contributed by atoms with van der Waals surface area (Å²) in [5.74, 6) is -2.14. The lowest BCUT2D eigenvalue weighted by atomic mass is 10.2. The Hall–Kier alpha value is -2.65. The van der Waals surface area contributed by atoms with Crippen molar-refractivity contribution in [2.24, 2.45) is 0 Å². The predicted octanol–water partition coefficient (Wildman–Crippen LogP) is 3.90. The topological polar surface area (TPSA) is 98.5 Å². The van der Waals surface area contributed by atoms with Crippen molar-refractivity contribution in [3.05, 3.63) is 62.9 Å². The van der Waals surface area contributed by atoms with Gasteiger partial charge in [0.25, 0.3) is 11.6 Å². The molecule has 0 aliphatic carbocycles. The lowest BCUT2D eigenvalue weighted by Gasteiger charge is -2.08. The summed E-state index contributed by atoms with van der Waals surface area (Å²) in [6.07, 6.45) is 1.67. The lowest BCUT2D eigenvalue weighted by Crippen LogP contribution is -2.21. The highest BCUT2D eigenvalue weighted by Crippen LogP contribution is 2.28. The minimum Gasteiger partial charge on any atom is -0.452 e. The first-order chi connectivity index (χ1) is 12.3. The monoisotopic (exact) mass is 398 g/mol. The molecule has 136 valence electrons. The summed E-state index contributed by atoms with van der Waals surface area (Å²) in [5.41, 5.74) is -0.120. The fourth-order valence-electron chi connectivity index (χ4n) is 1.95. The summed E-state index contributed by atoms with van der Waals surface area (Å²) < 4.78 is 17.8. The number of carbonyl (C=O) groups excluding carboxylic acids is 2. The van der Waals surface area contributed by atoms with Crippen LogP contribution < -0.4 is 5.32 Å². The summed E-state index contributed by atoms with van der Waals surface area (Å²) in [6.45, 7) is -0.634. The van der Waals surface area contributed by atoms with Crippen LogP contribution in [0.15, 0.2) is 41.3 Å². The molecule has 0 atom stereocenters. The molecule has 0 aromatic heterocycles. The van der Waals surface area contributed by atoms with Crippen LogP contribution in [0.3, 0.4) is 0 Å². The van der Waals surface area contributed by atoms with E-state index >= 15 is 0 Å². The molecule has 10 heteroatoms. The molecule has 0 heterocycles. The standard InChI is InChI=1S/C16H12ClFN2O5S/c1-26-14-5-2-9(6-13(14)20(23)24)16(22)25-8-15(21)19-12-4-3-10(18)7-11(12)17/h2-7H,8H2,1H3,(H,19,21). The molecule has 0 unspecified atom stereocenters. The van der Waals surface area contributed by atoms with Gasteiger partial charge in [0, 0.05) is 6.07 Å². The van der Waals surface area contributed by atoms with E-state index in [4.69, 9.17) is 16.3 Å². The van der Waals surface area contributed by atoms with Crippen molar-refractivity contribution >= 4 is 46.6 Å². The summed E-state index contributed by atoms with van der Waals surface area (Å²) in [4.78, 5) is 34.6. The zero-order valence-corrected chi connectivity index (χ0v) is 14.9. The van der Waals surface area contributed by atoms with Crippen molar-refractivity contribution < 1.29 is 23.6 Å². The molecule has 0 saturated carbocycles. The molecule has 0 saturated heterocycles. The maximum atomic E-state index is 13.0. The number of benzene rings is 2. The van der Waals surface area contributed by atoms with Gasteiger partial charge in [-0.1, -0.05) is 11.6 Å². The second kappa shape index (κ2) is 8.63. The first kappa shape index (κ1) is 19.7. The molecule has 1 N–H and O–H groups in total. The Morgan fingerprint density at radius 1 is 1.31 bits per heavy atom. The molecule has 7 nitrogen and oxygen atoms in total. The Balaban J connectivity index is 2.00. The molecular weight excluding hydrogens is 387 g/mol.